The van der Waals surface area contributed by atoms with Crippen molar-refractivity contribution in [3.05, 3.63) is 102 Å². The first-order valence-electron chi connectivity index (χ1n) is 10.9. The van der Waals surface area contributed by atoms with E-state index in [-0.39, 0.29) is 24.2 Å². The van der Waals surface area contributed by atoms with Crippen LogP contribution in [0.25, 0.3) is 0 Å². The van der Waals surface area contributed by atoms with Crippen LogP contribution in [-0.2, 0) is 14.3 Å². The molecule has 0 fully saturated rings. The number of carbonyl (C=O) groups is 3. The Morgan fingerprint density at radius 3 is 1.94 bits per heavy atom. The number of ether oxygens (including phenoxy) is 2. The van der Waals surface area contributed by atoms with Crippen LogP contribution in [0.1, 0.15) is 34.3 Å². The minimum Gasteiger partial charge on any atom is -0.484 e. The van der Waals surface area contributed by atoms with Crippen LogP contribution in [0.3, 0.4) is 0 Å². The molecule has 9 heteroatoms. The lowest BCUT2D eigenvalue weighted by molar-refractivity contribution is -0.124. The molecule has 0 bridgehead atoms. The van der Waals surface area contributed by atoms with Crippen LogP contribution >= 0.6 is 12.2 Å². The Morgan fingerprint density at radius 1 is 0.829 bits per heavy atom. The van der Waals surface area contributed by atoms with Crippen molar-refractivity contribution < 1.29 is 23.9 Å². The van der Waals surface area contributed by atoms with Crippen LogP contribution in [0, 0.1) is 0 Å². The molecular weight excluding hydrogens is 466 g/mol. The molecule has 0 aliphatic rings. The van der Waals surface area contributed by atoms with E-state index in [1.165, 1.54) is 0 Å². The molecule has 3 aromatic carbocycles. The van der Waals surface area contributed by atoms with Gasteiger partial charge in [0.25, 0.3) is 5.91 Å². The molecule has 8 nitrogen and oxygen atoms in total. The lowest BCUT2D eigenvalue weighted by Crippen LogP contribution is -2.50. The fourth-order valence-electron chi connectivity index (χ4n) is 3.21. The Balaban J connectivity index is 1.49. The molecule has 0 aromatic heterocycles. The summed E-state index contributed by atoms with van der Waals surface area (Å²) in [5.41, 5.74) is 6.89. The van der Waals surface area contributed by atoms with Gasteiger partial charge in [-0.15, -0.1) is 0 Å². The number of amides is 2. The number of nitrogens with one attached hydrogen (secondary N) is 3. The van der Waals surface area contributed by atoms with Crippen molar-refractivity contribution in [2.45, 2.75) is 12.8 Å². The normalized spacial score (nSPS) is 10.2. The van der Waals surface area contributed by atoms with Crippen molar-refractivity contribution in [1.29, 1.82) is 0 Å². The van der Waals surface area contributed by atoms with Crippen molar-refractivity contribution in [1.82, 2.24) is 16.2 Å². The van der Waals surface area contributed by atoms with Gasteiger partial charge in [0.1, 0.15) is 5.75 Å². The van der Waals surface area contributed by atoms with E-state index in [0.717, 1.165) is 11.1 Å². The fraction of sp³-hybridized carbons (Fsp3) is 0.154. The molecule has 0 heterocycles. The van der Waals surface area contributed by atoms with Gasteiger partial charge < -0.3 is 14.8 Å². The van der Waals surface area contributed by atoms with Gasteiger partial charge in [-0.3, -0.25) is 20.4 Å². The van der Waals surface area contributed by atoms with E-state index in [2.05, 4.69) is 16.2 Å². The van der Waals surface area contributed by atoms with E-state index in [9.17, 15) is 14.4 Å². The standard InChI is InChI=1S/C26H25N3O5S/c1-2-33-25(32)20-13-15-21(16-14-20)34-17-22(30)28-29-26(35)27-24(31)23(18-9-5-3-6-10-18)19-11-7-4-8-12-19/h3-16,23H,2,17H2,1H3,(H,28,30)(H2,27,29,31,35). The van der Waals surface area contributed by atoms with Crippen LogP contribution in [0.15, 0.2) is 84.9 Å². The average molecular weight is 492 g/mol. The lowest BCUT2D eigenvalue weighted by Gasteiger charge is -2.19. The zero-order valence-corrected chi connectivity index (χ0v) is 19.8. The summed E-state index contributed by atoms with van der Waals surface area (Å²) in [7, 11) is 0. The number of benzene rings is 3. The van der Waals surface area contributed by atoms with Gasteiger partial charge in [-0.25, -0.2) is 4.79 Å². The summed E-state index contributed by atoms with van der Waals surface area (Å²) in [5.74, 6) is -1.46. The van der Waals surface area contributed by atoms with E-state index in [4.69, 9.17) is 21.7 Å². The summed E-state index contributed by atoms with van der Waals surface area (Å²) in [6, 6.07) is 24.9. The number of hydrogen-bond acceptors (Lipinski definition) is 6. The third-order valence-corrected chi connectivity index (χ3v) is 5.02. The van der Waals surface area contributed by atoms with Gasteiger partial charge in [-0.1, -0.05) is 60.7 Å². The quantitative estimate of drug-likeness (QED) is 0.253. The minimum absolute atomic E-state index is 0.0565. The third-order valence-electron chi connectivity index (χ3n) is 4.82. The summed E-state index contributed by atoms with van der Waals surface area (Å²) >= 11 is 5.16. The molecule has 2 amide bonds. The summed E-state index contributed by atoms with van der Waals surface area (Å²) in [6.45, 7) is 1.70. The maximum atomic E-state index is 13.0. The first kappa shape index (κ1) is 25.4. The molecule has 180 valence electrons. The molecule has 35 heavy (non-hydrogen) atoms. The van der Waals surface area contributed by atoms with Gasteiger partial charge in [0.15, 0.2) is 11.7 Å². The number of carbonyl (C=O) groups excluding carboxylic acids is 3. The zero-order chi connectivity index (χ0) is 25.0. The Labute approximate surface area is 208 Å². The minimum atomic E-state index is -0.575. The highest BCUT2D eigenvalue weighted by Crippen LogP contribution is 2.24. The van der Waals surface area contributed by atoms with Gasteiger partial charge in [-0.2, -0.15) is 0 Å². The summed E-state index contributed by atoms with van der Waals surface area (Å²) in [5, 5.41) is 2.56. The summed E-state index contributed by atoms with van der Waals surface area (Å²) in [6.07, 6.45) is 0. The summed E-state index contributed by atoms with van der Waals surface area (Å²) in [4.78, 5) is 36.8. The van der Waals surface area contributed by atoms with Gasteiger partial charge in [0, 0.05) is 0 Å². The second-order valence-corrected chi connectivity index (χ2v) is 7.69. The van der Waals surface area contributed by atoms with E-state index in [0.29, 0.717) is 11.3 Å². The van der Waals surface area contributed by atoms with Crippen LogP contribution < -0.4 is 20.9 Å². The number of esters is 1. The van der Waals surface area contributed by atoms with Gasteiger partial charge >= 0.3 is 5.97 Å². The van der Waals surface area contributed by atoms with Crippen LogP contribution in [0.4, 0.5) is 0 Å². The predicted octanol–water partition coefficient (Wildman–Crippen LogP) is 3.10. The average Bonchev–Trinajstić information content (AvgIpc) is 2.88. The smallest absolute Gasteiger partial charge is 0.338 e. The van der Waals surface area contributed by atoms with Crippen LogP contribution in [0.5, 0.6) is 5.75 Å². The molecule has 0 aliphatic heterocycles. The summed E-state index contributed by atoms with van der Waals surface area (Å²) < 4.78 is 10.3. The maximum Gasteiger partial charge on any atom is 0.338 e. The largest absolute Gasteiger partial charge is 0.484 e. The number of rotatable bonds is 8. The Hall–Kier alpha value is -4.24. The maximum absolute atomic E-state index is 13.0. The Bertz CT molecular complexity index is 1120. The number of hydrogen-bond donors (Lipinski definition) is 3. The molecule has 3 rings (SSSR count). The molecule has 0 unspecified atom stereocenters. The van der Waals surface area contributed by atoms with Crippen molar-refractivity contribution in [2.24, 2.45) is 0 Å². The zero-order valence-electron chi connectivity index (χ0n) is 19.0. The molecule has 0 radical (unpaired) electrons. The second-order valence-electron chi connectivity index (χ2n) is 7.28. The molecule has 0 saturated heterocycles. The van der Waals surface area contributed by atoms with Crippen molar-refractivity contribution in [3.63, 3.8) is 0 Å². The Kier molecular flexibility index (Phi) is 9.32. The molecule has 0 atom stereocenters. The van der Waals surface area contributed by atoms with E-state index in [1.807, 2.05) is 60.7 Å². The van der Waals surface area contributed by atoms with Gasteiger partial charge in [-0.05, 0) is 54.5 Å². The molecular formula is C26H25N3O5S. The SMILES string of the molecule is CCOC(=O)c1ccc(OCC(=O)NNC(=S)NC(=O)C(c2ccccc2)c2ccccc2)cc1. The number of thiocarbonyl (C=S) groups is 1. The second kappa shape index (κ2) is 12.9. The predicted molar refractivity (Wildman–Crippen MR) is 135 cm³/mol. The first-order valence-corrected chi connectivity index (χ1v) is 11.3. The lowest BCUT2D eigenvalue weighted by atomic mass is 9.90. The van der Waals surface area contributed by atoms with Crippen LogP contribution in [0.2, 0.25) is 0 Å². The van der Waals surface area contributed by atoms with Crippen molar-refractivity contribution in [2.75, 3.05) is 13.2 Å². The van der Waals surface area contributed by atoms with E-state index < -0.39 is 17.8 Å². The molecule has 3 aromatic rings. The third kappa shape index (κ3) is 7.65. The van der Waals surface area contributed by atoms with E-state index in [1.54, 1.807) is 31.2 Å². The molecule has 3 N–H and O–H groups in total. The topological polar surface area (TPSA) is 106 Å². The van der Waals surface area contributed by atoms with Crippen LogP contribution in [-0.4, -0.2) is 36.1 Å². The van der Waals surface area contributed by atoms with E-state index >= 15 is 0 Å². The van der Waals surface area contributed by atoms with Gasteiger partial charge in [0.2, 0.25) is 5.91 Å². The Morgan fingerprint density at radius 2 is 1.40 bits per heavy atom. The van der Waals surface area contributed by atoms with Crippen molar-refractivity contribution in [3.8, 4) is 5.75 Å². The molecule has 0 aliphatic carbocycles. The van der Waals surface area contributed by atoms with Gasteiger partial charge in [0.05, 0.1) is 18.1 Å². The number of hydrazine groups is 1. The highest BCUT2D eigenvalue weighted by atomic mass is 32.1. The highest BCUT2D eigenvalue weighted by molar-refractivity contribution is 7.80. The first-order chi connectivity index (χ1) is 17.0. The fourth-order valence-corrected chi connectivity index (χ4v) is 3.37. The molecule has 0 saturated carbocycles. The highest BCUT2D eigenvalue weighted by Gasteiger charge is 2.23. The van der Waals surface area contributed by atoms with Crippen molar-refractivity contribution >= 4 is 35.1 Å². The molecule has 0 spiro atoms. The monoisotopic (exact) mass is 491 g/mol.